The molecule has 0 fully saturated rings. The highest BCUT2D eigenvalue weighted by molar-refractivity contribution is 6.04. The molecule has 3 rings (SSSR count). The van der Waals surface area contributed by atoms with Crippen molar-refractivity contribution in [2.75, 3.05) is 24.4 Å². The summed E-state index contributed by atoms with van der Waals surface area (Å²) in [4.78, 5) is 36.0. The van der Waals surface area contributed by atoms with E-state index in [0.717, 1.165) is 11.1 Å². The van der Waals surface area contributed by atoms with Crippen molar-refractivity contribution < 1.29 is 23.9 Å². The molecule has 0 aliphatic heterocycles. The van der Waals surface area contributed by atoms with Gasteiger partial charge in [0.25, 0.3) is 5.91 Å². The average molecular weight is 396 g/mol. The van der Waals surface area contributed by atoms with Crippen molar-refractivity contribution in [3.63, 3.8) is 0 Å². The first-order valence-corrected chi connectivity index (χ1v) is 9.35. The van der Waals surface area contributed by atoms with Gasteiger partial charge < -0.3 is 20.1 Å². The summed E-state index contributed by atoms with van der Waals surface area (Å²) in [5.41, 5.74) is 3.57. The Morgan fingerprint density at radius 1 is 1.14 bits per heavy atom. The summed E-state index contributed by atoms with van der Waals surface area (Å²) in [7, 11) is 1.49. The number of fused-ring (bicyclic) bond motifs is 1. The standard InChI is InChI=1S/C22H24N2O5/c1-12-5-7-19(22-17(26)9-13(2)21(12)22)29-11-20(27)24-16-10-15(23-14(3)25)6-8-18(16)28-4/h5-8,10,13H,9,11H2,1-4H3,(H,23,25)(H,24,27). The van der Waals surface area contributed by atoms with Crippen molar-refractivity contribution >= 4 is 29.0 Å². The summed E-state index contributed by atoms with van der Waals surface area (Å²) < 4.78 is 10.9. The number of Topliss-reactive ketones (excluding diaryl/α,β-unsaturated/α-hetero) is 1. The number of methoxy groups -OCH3 is 1. The van der Waals surface area contributed by atoms with Crippen molar-refractivity contribution in [1.82, 2.24) is 0 Å². The highest BCUT2D eigenvalue weighted by Gasteiger charge is 2.31. The first-order valence-electron chi connectivity index (χ1n) is 9.35. The number of aryl methyl sites for hydroxylation is 1. The lowest BCUT2D eigenvalue weighted by molar-refractivity contribution is -0.118. The largest absolute Gasteiger partial charge is 0.495 e. The van der Waals surface area contributed by atoms with Crippen molar-refractivity contribution in [2.24, 2.45) is 0 Å². The number of hydrogen-bond acceptors (Lipinski definition) is 5. The van der Waals surface area contributed by atoms with Crippen LogP contribution in [0.15, 0.2) is 30.3 Å². The van der Waals surface area contributed by atoms with E-state index in [0.29, 0.717) is 34.9 Å². The summed E-state index contributed by atoms with van der Waals surface area (Å²) in [5.74, 6) is 0.438. The number of ether oxygens (including phenoxy) is 2. The van der Waals surface area contributed by atoms with E-state index >= 15 is 0 Å². The van der Waals surface area contributed by atoms with Crippen LogP contribution in [0.1, 0.15) is 47.7 Å². The van der Waals surface area contributed by atoms with E-state index in [2.05, 4.69) is 10.6 Å². The molecule has 0 saturated heterocycles. The Labute approximate surface area is 169 Å². The number of rotatable bonds is 6. The van der Waals surface area contributed by atoms with Gasteiger partial charge in [0, 0.05) is 19.0 Å². The average Bonchev–Trinajstić information content (AvgIpc) is 2.96. The molecular formula is C22H24N2O5. The lowest BCUT2D eigenvalue weighted by Crippen LogP contribution is -2.21. The SMILES string of the molecule is COc1ccc(NC(C)=O)cc1NC(=O)COc1ccc(C)c2c1C(=O)CC2C. The summed E-state index contributed by atoms with van der Waals surface area (Å²) in [6.45, 7) is 5.13. The smallest absolute Gasteiger partial charge is 0.262 e. The topological polar surface area (TPSA) is 93.7 Å². The van der Waals surface area contributed by atoms with Crippen LogP contribution in [-0.4, -0.2) is 31.3 Å². The minimum atomic E-state index is -0.406. The van der Waals surface area contributed by atoms with Crippen molar-refractivity contribution in [2.45, 2.75) is 33.1 Å². The zero-order valence-corrected chi connectivity index (χ0v) is 16.9. The molecule has 1 atom stereocenters. The third-order valence-corrected chi connectivity index (χ3v) is 4.84. The lowest BCUT2D eigenvalue weighted by atomic mass is 9.97. The predicted molar refractivity (Wildman–Crippen MR) is 110 cm³/mol. The number of benzene rings is 2. The molecule has 0 heterocycles. The number of hydrogen-bond donors (Lipinski definition) is 2. The molecule has 7 heteroatoms. The third-order valence-electron chi connectivity index (χ3n) is 4.84. The maximum atomic E-state index is 12.4. The van der Waals surface area contributed by atoms with Crippen LogP contribution in [0.4, 0.5) is 11.4 Å². The molecule has 0 radical (unpaired) electrons. The number of carbonyl (C=O) groups excluding carboxylic acids is 3. The third kappa shape index (κ3) is 4.39. The quantitative estimate of drug-likeness (QED) is 0.777. The molecule has 0 saturated carbocycles. The second kappa shape index (κ2) is 8.34. The lowest BCUT2D eigenvalue weighted by Gasteiger charge is -2.15. The van der Waals surface area contributed by atoms with Crippen LogP contribution in [0, 0.1) is 6.92 Å². The van der Waals surface area contributed by atoms with Gasteiger partial charge in [-0.2, -0.15) is 0 Å². The molecule has 29 heavy (non-hydrogen) atoms. The van der Waals surface area contributed by atoms with E-state index in [1.165, 1.54) is 14.0 Å². The number of anilines is 2. The summed E-state index contributed by atoms with van der Waals surface area (Å²) in [6.07, 6.45) is 0.454. The van der Waals surface area contributed by atoms with E-state index in [-0.39, 0.29) is 24.2 Å². The summed E-state index contributed by atoms with van der Waals surface area (Å²) in [6, 6.07) is 8.56. The Bertz CT molecular complexity index is 983. The molecule has 2 N–H and O–H groups in total. The second-order valence-electron chi connectivity index (χ2n) is 7.13. The van der Waals surface area contributed by atoms with Crippen molar-refractivity contribution in [1.29, 1.82) is 0 Å². The van der Waals surface area contributed by atoms with E-state index < -0.39 is 5.91 Å². The van der Waals surface area contributed by atoms with Crippen LogP contribution in [-0.2, 0) is 9.59 Å². The molecule has 1 aliphatic rings. The van der Waals surface area contributed by atoms with Gasteiger partial charge in [0.2, 0.25) is 5.91 Å². The summed E-state index contributed by atoms with van der Waals surface area (Å²) >= 11 is 0. The predicted octanol–water partition coefficient (Wildman–Crippen LogP) is 3.67. The van der Waals surface area contributed by atoms with Crippen LogP contribution in [0.3, 0.4) is 0 Å². The fourth-order valence-electron chi connectivity index (χ4n) is 3.65. The van der Waals surface area contributed by atoms with E-state index in [9.17, 15) is 14.4 Å². The van der Waals surface area contributed by atoms with E-state index in [1.54, 1.807) is 24.3 Å². The molecular weight excluding hydrogens is 372 g/mol. The number of nitrogens with one attached hydrogen (secondary N) is 2. The van der Waals surface area contributed by atoms with Crippen molar-refractivity contribution in [3.8, 4) is 11.5 Å². The Kier molecular flexibility index (Phi) is 5.87. The zero-order valence-electron chi connectivity index (χ0n) is 16.9. The molecule has 2 aromatic rings. The normalized spacial score (nSPS) is 14.9. The minimum Gasteiger partial charge on any atom is -0.495 e. The molecule has 2 aromatic carbocycles. The maximum Gasteiger partial charge on any atom is 0.262 e. The van der Waals surface area contributed by atoms with Gasteiger partial charge in [-0.1, -0.05) is 13.0 Å². The van der Waals surface area contributed by atoms with E-state index in [1.807, 2.05) is 19.9 Å². The molecule has 0 aromatic heterocycles. The van der Waals surface area contributed by atoms with Crippen LogP contribution in [0.25, 0.3) is 0 Å². The fraction of sp³-hybridized carbons (Fsp3) is 0.318. The Morgan fingerprint density at radius 2 is 1.86 bits per heavy atom. The second-order valence-corrected chi connectivity index (χ2v) is 7.13. The van der Waals surface area contributed by atoms with Gasteiger partial charge in [0.15, 0.2) is 12.4 Å². The summed E-state index contributed by atoms with van der Waals surface area (Å²) in [5, 5.41) is 5.37. The van der Waals surface area contributed by atoms with Gasteiger partial charge >= 0.3 is 0 Å². The Hall–Kier alpha value is -3.35. The number of carbonyl (C=O) groups is 3. The van der Waals surface area contributed by atoms with Gasteiger partial charge in [-0.15, -0.1) is 0 Å². The molecule has 0 bridgehead atoms. The van der Waals surface area contributed by atoms with Gasteiger partial charge in [0.1, 0.15) is 11.5 Å². The molecule has 0 spiro atoms. The fourth-order valence-corrected chi connectivity index (χ4v) is 3.65. The highest BCUT2D eigenvalue weighted by atomic mass is 16.5. The van der Waals surface area contributed by atoms with Gasteiger partial charge in [-0.25, -0.2) is 0 Å². The maximum absolute atomic E-state index is 12.4. The molecule has 7 nitrogen and oxygen atoms in total. The van der Waals surface area contributed by atoms with Crippen molar-refractivity contribution in [3.05, 3.63) is 47.0 Å². The van der Waals surface area contributed by atoms with Crippen LogP contribution in [0.5, 0.6) is 11.5 Å². The van der Waals surface area contributed by atoms with E-state index in [4.69, 9.17) is 9.47 Å². The molecule has 1 aliphatic carbocycles. The molecule has 1 unspecified atom stereocenters. The monoisotopic (exact) mass is 396 g/mol. The van der Waals surface area contributed by atoms with Crippen LogP contribution in [0.2, 0.25) is 0 Å². The van der Waals surface area contributed by atoms with Gasteiger partial charge in [-0.3, -0.25) is 14.4 Å². The highest BCUT2D eigenvalue weighted by Crippen LogP contribution is 2.40. The minimum absolute atomic E-state index is 0.0382. The first-order chi connectivity index (χ1) is 13.8. The van der Waals surface area contributed by atoms with Gasteiger partial charge in [-0.05, 0) is 48.2 Å². The Balaban J connectivity index is 1.73. The van der Waals surface area contributed by atoms with Crippen LogP contribution < -0.4 is 20.1 Å². The number of amides is 2. The zero-order chi connectivity index (χ0) is 21.1. The molecule has 2 amide bonds. The number of ketones is 1. The van der Waals surface area contributed by atoms with Gasteiger partial charge in [0.05, 0.1) is 18.4 Å². The first kappa shape index (κ1) is 20.4. The Morgan fingerprint density at radius 3 is 2.55 bits per heavy atom. The van der Waals surface area contributed by atoms with Crippen LogP contribution >= 0.6 is 0 Å². The molecule has 152 valence electrons.